The van der Waals surface area contributed by atoms with Crippen molar-refractivity contribution in [3.63, 3.8) is 0 Å². The molecule has 0 saturated carbocycles. The van der Waals surface area contributed by atoms with Gasteiger partial charge >= 0.3 is 0 Å². The summed E-state index contributed by atoms with van der Waals surface area (Å²) in [5.74, 6) is 0.308. The van der Waals surface area contributed by atoms with Crippen LogP contribution in [0.4, 0.5) is 0 Å². The van der Waals surface area contributed by atoms with E-state index in [1.54, 1.807) is 0 Å². The lowest BCUT2D eigenvalue weighted by molar-refractivity contribution is 0.810. The molecule has 2 rings (SSSR count). The van der Waals surface area contributed by atoms with E-state index in [0.717, 1.165) is 6.42 Å². The SMILES string of the molecule is CCc1ccc(C(CN)c2ccn(C)c2)cc1. The summed E-state index contributed by atoms with van der Waals surface area (Å²) in [7, 11) is 2.04. The first kappa shape index (κ1) is 11.9. The molecule has 0 aliphatic rings. The third-order valence-corrected chi connectivity index (χ3v) is 3.28. The van der Waals surface area contributed by atoms with E-state index >= 15 is 0 Å². The molecule has 0 radical (unpaired) electrons. The van der Waals surface area contributed by atoms with Gasteiger partial charge in [0.1, 0.15) is 0 Å². The molecule has 1 aromatic carbocycles. The normalized spacial score (nSPS) is 12.6. The lowest BCUT2D eigenvalue weighted by atomic mass is 9.92. The molecule has 90 valence electrons. The van der Waals surface area contributed by atoms with Crippen LogP contribution in [0.1, 0.15) is 29.5 Å². The number of rotatable bonds is 4. The van der Waals surface area contributed by atoms with Crippen LogP contribution in [0.2, 0.25) is 0 Å². The van der Waals surface area contributed by atoms with Crippen molar-refractivity contribution in [2.24, 2.45) is 12.8 Å². The van der Waals surface area contributed by atoms with E-state index in [-0.39, 0.29) is 0 Å². The van der Waals surface area contributed by atoms with Crippen molar-refractivity contribution in [2.45, 2.75) is 19.3 Å². The van der Waals surface area contributed by atoms with Gasteiger partial charge in [0.05, 0.1) is 0 Å². The third-order valence-electron chi connectivity index (χ3n) is 3.28. The fourth-order valence-corrected chi connectivity index (χ4v) is 2.18. The molecule has 0 spiro atoms. The van der Waals surface area contributed by atoms with Gasteiger partial charge in [-0.1, -0.05) is 31.2 Å². The van der Waals surface area contributed by atoms with Gasteiger partial charge in [-0.15, -0.1) is 0 Å². The summed E-state index contributed by atoms with van der Waals surface area (Å²) in [5, 5.41) is 0. The molecule has 0 aliphatic carbocycles. The van der Waals surface area contributed by atoms with Crippen LogP contribution < -0.4 is 5.73 Å². The van der Waals surface area contributed by atoms with Crippen LogP contribution in [0.5, 0.6) is 0 Å². The number of benzene rings is 1. The van der Waals surface area contributed by atoms with Crippen molar-refractivity contribution in [3.8, 4) is 0 Å². The predicted molar refractivity (Wildman–Crippen MR) is 72.1 cm³/mol. The zero-order valence-electron chi connectivity index (χ0n) is 10.6. The fraction of sp³-hybridized carbons (Fsp3) is 0.333. The van der Waals surface area contributed by atoms with Crippen LogP contribution in [-0.4, -0.2) is 11.1 Å². The Kier molecular flexibility index (Phi) is 3.64. The average molecular weight is 228 g/mol. The van der Waals surface area contributed by atoms with Crippen LogP contribution in [0, 0.1) is 0 Å². The Morgan fingerprint density at radius 2 is 1.82 bits per heavy atom. The van der Waals surface area contributed by atoms with Crippen LogP contribution in [0.3, 0.4) is 0 Å². The number of hydrogen-bond donors (Lipinski definition) is 1. The maximum atomic E-state index is 5.91. The van der Waals surface area contributed by atoms with Crippen molar-refractivity contribution in [2.75, 3.05) is 6.54 Å². The molecule has 0 aliphatic heterocycles. The monoisotopic (exact) mass is 228 g/mol. The second-order valence-electron chi connectivity index (χ2n) is 4.49. The van der Waals surface area contributed by atoms with Gasteiger partial charge in [0.25, 0.3) is 0 Å². The van der Waals surface area contributed by atoms with Crippen molar-refractivity contribution >= 4 is 0 Å². The van der Waals surface area contributed by atoms with Crippen LogP contribution >= 0.6 is 0 Å². The van der Waals surface area contributed by atoms with Crippen molar-refractivity contribution in [3.05, 3.63) is 59.4 Å². The first-order chi connectivity index (χ1) is 8.24. The zero-order chi connectivity index (χ0) is 12.3. The first-order valence-electron chi connectivity index (χ1n) is 6.15. The Labute approximate surface area is 103 Å². The summed E-state index contributed by atoms with van der Waals surface area (Å²) in [6.45, 7) is 2.82. The Bertz CT molecular complexity index is 468. The van der Waals surface area contributed by atoms with Crippen molar-refractivity contribution in [1.82, 2.24) is 4.57 Å². The highest BCUT2D eigenvalue weighted by Crippen LogP contribution is 2.24. The van der Waals surface area contributed by atoms with Gasteiger partial charge in [-0.25, -0.2) is 0 Å². The van der Waals surface area contributed by atoms with Gasteiger partial charge in [-0.2, -0.15) is 0 Å². The number of hydrogen-bond acceptors (Lipinski definition) is 1. The van der Waals surface area contributed by atoms with E-state index in [0.29, 0.717) is 12.5 Å². The van der Waals surface area contributed by atoms with Gasteiger partial charge in [0.2, 0.25) is 0 Å². The number of aromatic nitrogens is 1. The predicted octanol–water partition coefficient (Wildman–Crippen LogP) is 2.68. The molecule has 1 aromatic heterocycles. The minimum absolute atomic E-state index is 0.308. The largest absolute Gasteiger partial charge is 0.357 e. The zero-order valence-corrected chi connectivity index (χ0v) is 10.6. The van der Waals surface area contributed by atoms with Crippen molar-refractivity contribution in [1.29, 1.82) is 0 Å². The standard InChI is InChI=1S/C15H20N2/c1-3-12-4-6-13(7-5-12)15(10-16)14-8-9-17(2)11-14/h4-9,11,15H,3,10,16H2,1-2H3. The molecular weight excluding hydrogens is 208 g/mol. The van der Waals surface area contributed by atoms with Crippen LogP contribution in [0.25, 0.3) is 0 Å². The molecule has 2 aromatic rings. The van der Waals surface area contributed by atoms with Crippen molar-refractivity contribution < 1.29 is 0 Å². The molecule has 0 amide bonds. The minimum Gasteiger partial charge on any atom is -0.357 e. The van der Waals surface area contributed by atoms with Gasteiger partial charge in [0.15, 0.2) is 0 Å². The highest BCUT2D eigenvalue weighted by molar-refractivity contribution is 5.33. The maximum absolute atomic E-state index is 5.91. The van der Waals surface area contributed by atoms with Crippen LogP contribution in [0.15, 0.2) is 42.7 Å². The topological polar surface area (TPSA) is 30.9 Å². The number of nitrogens with two attached hydrogens (primary N) is 1. The summed E-state index contributed by atoms with van der Waals surface area (Å²) >= 11 is 0. The van der Waals surface area contributed by atoms with E-state index in [1.165, 1.54) is 16.7 Å². The Balaban J connectivity index is 2.28. The molecule has 1 unspecified atom stereocenters. The summed E-state index contributed by atoms with van der Waals surface area (Å²) < 4.78 is 2.07. The van der Waals surface area contributed by atoms with Gasteiger partial charge in [-0.05, 0) is 29.2 Å². The summed E-state index contributed by atoms with van der Waals surface area (Å²) in [4.78, 5) is 0. The fourth-order valence-electron chi connectivity index (χ4n) is 2.18. The number of aryl methyl sites for hydroxylation is 2. The van der Waals surface area contributed by atoms with Crippen LogP contribution in [-0.2, 0) is 13.5 Å². The molecule has 0 bridgehead atoms. The highest BCUT2D eigenvalue weighted by Gasteiger charge is 2.12. The Hall–Kier alpha value is -1.54. The lowest BCUT2D eigenvalue weighted by Crippen LogP contribution is -2.13. The lowest BCUT2D eigenvalue weighted by Gasteiger charge is -2.14. The molecular formula is C15H20N2. The van der Waals surface area contributed by atoms with E-state index < -0.39 is 0 Å². The first-order valence-corrected chi connectivity index (χ1v) is 6.15. The Morgan fingerprint density at radius 1 is 1.12 bits per heavy atom. The molecule has 17 heavy (non-hydrogen) atoms. The van der Waals surface area contributed by atoms with E-state index in [4.69, 9.17) is 5.73 Å². The van der Waals surface area contributed by atoms with E-state index in [2.05, 4.69) is 54.2 Å². The second-order valence-corrected chi connectivity index (χ2v) is 4.49. The average Bonchev–Trinajstić information content (AvgIpc) is 2.78. The molecule has 0 saturated heterocycles. The quantitative estimate of drug-likeness (QED) is 0.857. The minimum atomic E-state index is 0.308. The van der Waals surface area contributed by atoms with Gasteiger partial charge < -0.3 is 10.3 Å². The summed E-state index contributed by atoms with van der Waals surface area (Å²) in [5.41, 5.74) is 9.87. The smallest absolute Gasteiger partial charge is 0.0227 e. The number of nitrogens with zero attached hydrogens (tertiary/aromatic N) is 1. The molecule has 2 nitrogen and oxygen atoms in total. The molecule has 1 heterocycles. The Morgan fingerprint density at radius 3 is 2.29 bits per heavy atom. The molecule has 2 N–H and O–H groups in total. The third kappa shape index (κ3) is 2.59. The van der Waals surface area contributed by atoms with Gasteiger partial charge in [0, 0.05) is 31.9 Å². The molecule has 1 atom stereocenters. The van der Waals surface area contributed by atoms with E-state index in [9.17, 15) is 0 Å². The summed E-state index contributed by atoms with van der Waals surface area (Å²) in [6.07, 6.45) is 5.29. The van der Waals surface area contributed by atoms with E-state index in [1.807, 2.05) is 7.05 Å². The summed E-state index contributed by atoms with van der Waals surface area (Å²) in [6, 6.07) is 10.9. The maximum Gasteiger partial charge on any atom is 0.0227 e. The van der Waals surface area contributed by atoms with Gasteiger partial charge in [-0.3, -0.25) is 0 Å². The highest BCUT2D eigenvalue weighted by atomic mass is 14.9. The second kappa shape index (κ2) is 5.19. The molecule has 2 heteroatoms. The molecule has 0 fully saturated rings.